The van der Waals surface area contributed by atoms with Crippen molar-refractivity contribution in [2.75, 3.05) is 5.32 Å². The lowest BCUT2D eigenvalue weighted by atomic mass is 9.82. The lowest BCUT2D eigenvalue weighted by Crippen LogP contribution is -2.22. The first kappa shape index (κ1) is 28.0. The van der Waals surface area contributed by atoms with E-state index >= 15 is 0 Å². The second kappa shape index (κ2) is 11.9. The van der Waals surface area contributed by atoms with E-state index in [9.17, 15) is 9.59 Å². The van der Waals surface area contributed by atoms with Crippen molar-refractivity contribution in [3.8, 4) is 11.5 Å². The first-order valence-corrected chi connectivity index (χ1v) is 14.1. The first-order chi connectivity index (χ1) is 19.7. The number of carbonyl (C=O) groups excluding carboxylic acids is 2. The fraction of sp³-hybridized carbons (Fsp3) is 0.294. The van der Waals surface area contributed by atoms with Crippen molar-refractivity contribution in [2.45, 2.75) is 53.9 Å². The number of aryl methyl sites for hydroxylation is 4. The Bertz CT molecular complexity index is 1680. The molecule has 0 saturated heterocycles. The summed E-state index contributed by atoms with van der Waals surface area (Å²) in [4.78, 5) is 31.8. The van der Waals surface area contributed by atoms with Crippen LogP contribution < -0.4 is 5.32 Å². The molecule has 0 bridgehead atoms. The zero-order valence-corrected chi connectivity index (χ0v) is 24.2. The molecule has 5 rings (SSSR count). The molecule has 7 heteroatoms. The summed E-state index contributed by atoms with van der Waals surface area (Å²) < 4.78 is 10.9. The molecule has 0 aliphatic rings. The third kappa shape index (κ3) is 6.14. The SMILES string of the molecule is CCC(C(=O)c1ccc(NC(=O)c2cc(-c3ccco3)nc3c(C)cc(C)cc23)cc1)C(C)CCc1cc(C)no1. The molecular weight excluding hydrogens is 514 g/mol. The van der Waals surface area contributed by atoms with E-state index in [0.717, 1.165) is 52.7 Å². The monoisotopic (exact) mass is 549 g/mol. The average molecular weight is 550 g/mol. The molecule has 2 aromatic carbocycles. The van der Waals surface area contributed by atoms with Crippen molar-refractivity contribution in [1.29, 1.82) is 0 Å². The molecule has 0 aliphatic carbocycles. The van der Waals surface area contributed by atoms with Gasteiger partial charge >= 0.3 is 0 Å². The van der Waals surface area contributed by atoms with E-state index in [0.29, 0.717) is 28.3 Å². The number of hydrogen-bond donors (Lipinski definition) is 1. The Hall–Kier alpha value is -4.52. The number of anilines is 1. The molecule has 210 valence electrons. The summed E-state index contributed by atoms with van der Waals surface area (Å²) >= 11 is 0. The van der Waals surface area contributed by atoms with Gasteiger partial charge in [-0.25, -0.2) is 4.98 Å². The number of fused-ring (bicyclic) bond motifs is 1. The summed E-state index contributed by atoms with van der Waals surface area (Å²) in [7, 11) is 0. The van der Waals surface area contributed by atoms with Gasteiger partial charge in [0.2, 0.25) is 0 Å². The van der Waals surface area contributed by atoms with E-state index in [4.69, 9.17) is 13.9 Å². The van der Waals surface area contributed by atoms with Crippen LogP contribution in [0.25, 0.3) is 22.4 Å². The van der Waals surface area contributed by atoms with Crippen LogP contribution in [0.1, 0.15) is 70.0 Å². The minimum atomic E-state index is -0.253. The molecule has 1 amide bonds. The van der Waals surface area contributed by atoms with Crippen LogP contribution in [0.2, 0.25) is 0 Å². The number of amides is 1. The maximum absolute atomic E-state index is 13.6. The van der Waals surface area contributed by atoms with Crippen LogP contribution in [0.15, 0.2) is 75.9 Å². The number of Topliss-reactive ketones (excluding diaryl/α,β-unsaturated/α-hetero) is 1. The quantitative estimate of drug-likeness (QED) is 0.177. The van der Waals surface area contributed by atoms with E-state index in [2.05, 4.69) is 23.5 Å². The predicted molar refractivity (Wildman–Crippen MR) is 160 cm³/mol. The standard InChI is InChI=1S/C34H35N3O4/c1-6-27(21(3)9-14-26-18-23(5)37-41-26)33(38)24-10-12-25(13-11-24)35-34(39)29-19-30(31-8-7-15-40-31)36-32-22(4)16-20(2)17-28(29)32/h7-8,10-13,15-19,21,27H,6,9,14H2,1-5H3,(H,35,39). The van der Waals surface area contributed by atoms with Gasteiger partial charge in [-0.05, 0) is 93.6 Å². The number of benzene rings is 2. The van der Waals surface area contributed by atoms with Crippen molar-refractivity contribution in [2.24, 2.45) is 11.8 Å². The highest BCUT2D eigenvalue weighted by Gasteiger charge is 2.25. The largest absolute Gasteiger partial charge is 0.463 e. The minimum Gasteiger partial charge on any atom is -0.463 e. The van der Waals surface area contributed by atoms with E-state index in [-0.39, 0.29) is 23.5 Å². The third-order valence-corrected chi connectivity index (χ3v) is 7.68. The molecular formula is C34H35N3O4. The number of pyridine rings is 1. The molecule has 0 fully saturated rings. The maximum atomic E-state index is 13.6. The van der Waals surface area contributed by atoms with Gasteiger partial charge in [-0.2, -0.15) is 0 Å². The molecule has 0 saturated carbocycles. The molecule has 0 radical (unpaired) electrons. The van der Waals surface area contributed by atoms with Gasteiger partial charge in [-0.1, -0.05) is 30.6 Å². The number of furan rings is 1. The average Bonchev–Trinajstić information content (AvgIpc) is 3.64. The van der Waals surface area contributed by atoms with Gasteiger partial charge < -0.3 is 14.3 Å². The topological polar surface area (TPSA) is 98.2 Å². The molecule has 2 unspecified atom stereocenters. The summed E-state index contributed by atoms with van der Waals surface area (Å²) in [5.41, 5.74) is 6.02. The number of nitrogens with one attached hydrogen (secondary N) is 1. The molecule has 0 aliphatic heterocycles. The fourth-order valence-electron chi connectivity index (χ4n) is 5.50. The Labute approximate surface area is 240 Å². The Morgan fingerprint density at radius 1 is 1.00 bits per heavy atom. The number of carbonyl (C=O) groups is 2. The van der Waals surface area contributed by atoms with Crippen LogP contribution in [0.5, 0.6) is 0 Å². The number of hydrogen-bond acceptors (Lipinski definition) is 6. The van der Waals surface area contributed by atoms with Crippen LogP contribution >= 0.6 is 0 Å². The number of nitrogens with zero attached hydrogens (tertiary/aromatic N) is 2. The molecule has 1 N–H and O–H groups in total. The maximum Gasteiger partial charge on any atom is 0.256 e. The Balaban J connectivity index is 1.33. The first-order valence-electron chi connectivity index (χ1n) is 14.1. The highest BCUT2D eigenvalue weighted by Crippen LogP contribution is 2.30. The molecule has 2 atom stereocenters. The van der Waals surface area contributed by atoms with Gasteiger partial charge in [0.05, 0.1) is 23.0 Å². The van der Waals surface area contributed by atoms with Crippen LogP contribution in [-0.2, 0) is 6.42 Å². The van der Waals surface area contributed by atoms with Gasteiger partial charge in [0.15, 0.2) is 11.5 Å². The molecule has 41 heavy (non-hydrogen) atoms. The highest BCUT2D eigenvalue weighted by atomic mass is 16.5. The fourth-order valence-corrected chi connectivity index (χ4v) is 5.50. The second-order valence-corrected chi connectivity index (χ2v) is 10.9. The Kier molecular flexibility index (Phi) is 8.15. The minimum absolute atomic E-state index is 0.103. The van der Waals surface area contributed by atoms with Gasteiger partial charge in [0, 0.05) is 35.0 Å². The smallest absolute Gasteiger partial charge is 0.256 e. The summed E-state index contributed by atoms with van der Waals surface area (Å²) in [6.07, 6.45) is 3.93. The molecule has 5 aromatic rings. The zero-order chi connectivity index (χ0) is 29.1. The van der Waals surface area contributed by atoms with Crippen LogP contribution in [0, 0.1) is 32.6 Å². The number of rotatable bonds is 10. The highest BCUT2D eigenvalue weighted by molar-refractivity contribution is 6.13. The molecule has 3 aromatic heterocycles. The summed E-state index contributed by atoms with van der Waals surface area (Å²) in [6, 6.07) is 18.5. The van der Waals surface area contributed by atoms with Crippen molar-refractivity contribution < 1.29 is 18.5 Å². The third-order valence-electron chi connectivity index (χ3n) is 7.68. The zero-order valence-electron chi connectivity index (χ0n) is 24.2. The van der Waals surface area contributed by atoms with E-state index in [1.165, 1.54) is 0 Å². The van der Waals surface area contributed by atoms with Crippen molar-refractivity contribution in [3.05, 3.63) is 101 Å². The summed E-state index contributed by atoms with van der Waals surface area (Å²) in [5.74, 6) is 1.39. The Morgan fingerprint density at radius 3 is 2.44 bits per heavy atom. The van der Waals surface area contributed by atoms with Crippen LogP contribution in [0.3, 0.4) is 0 Å². The molecule has 7 nitrogen and oxygen atoms in total. The van der Waals surface area contributed by atoms with E-state index < -0.39 is 0 Å². The number of ketones is 1. The predicted octanol–water partition coefficient (Wildman–Crippen LogP) is 8.14. The van der Waals surface area contributed by atoms with E-state index in [1.807, 2.05) is 45.9 Å². The second-order valence-electron chi connectivity index (χ2n) is 10.9. The Morgan fingerprint density at radius 2 is 1.78 bits per heavy atom. The van der Waals surface area contributed by atoms with Gasteiger partial charge in [-0.3, -0.25) is 9.59 Å². The molecule has 3 heterocycles. The van der Waals surface area contributed by atoms with Crippen molar-refractivity contribution in [3.63, 3.8) is 0 Å². The van der Waals surface area contributed by atoms with Crippen LogP contribution in [0.4, 0.5) is 5.69 Å². The summed E-state index contributed by atoms with van der Waals surface area (Å²) in [5, 5.41) is 7.74. The molecule has 0 spiro atoms. The summed E-state index contributed by atoms with van der Waals surface area (Å²) in [6.45, 7) is 10.1. The van der Waals surface area contributed by atoms with Crippen molar-refractivity contribution in [1.82, 2.24) is 10.1 Å². The van der Waals surface area contributed by atoms with Gasteiger partial charge in [0.1, 0.15) is 11.5 Å². The van der Waals surface area contributed by atoms with Crippen molar-refractivity contribution >= 4 is 28.3 Å². The van der Waals surface area contributed by atoms with Gasteiger partial charge in [0.25, 0.3) is 5.91 Å². The normalized spacial score (nSPS) is 12.8. The van der Waals surface area contributed by atoms with Gasteiger partial charge in [-0.15, -0.1) is 0 Å². The lowest BCUT2D eigenvalue weighted by molar-refractivity contribution is 0.0868. The van der Waals surface area contributed by atoms with Crippen LogP contribution in [-0.4, -0.2) is 21.8 Å². The number of aromatic nitrogens is 2. The van der Waals surface area contributed by atoms with E-state index in [1.54, 1.807) is 42.7 Å². The lowest BCUT2D eigenvalue weighted by Gasteiger charge is -2.21.